The second-order valence-corrected chi connectivity index (χ2v) is 8.00. The van der Waals surface area contributed by atoms with E-state index in [0.29, 0.717) is 11.8 Å². The van der Waals surface area contributed by atoms with Crippen molar-refractivity contribution in [3.05, 3.63) is 35.9 Å². The highest BCUT2D eigenvalue weighted by atomic mass is 35.5. The molecule has 2 fully saturated rings. The summed E-state index contributed by atoms with van der Waals surface area (Å²) in [6.45, 7) is 8.55. The fourth-order valence-corrected chi connectivity index (χ4v) is 4.55. The van der Waals surface area contributed by atoms with Crippen LogP contribution in [0.15, 0.2) is 30.3 Å². The van der Waals surface area contributed by atoms with Crippen molar-refractivity contribution in [1.82, 2.24) is 4.90 Å². The lowest BCUT2D eigenvalue weighted by Crippen LogP contribution is -2.51. The first-order valence-corrected chi connectivity index (χ1v) is 9.49. The number of likely N-dealkylation sites (tertiary alicyclic amines) is 1. The van der Waals surface area contributed by atoms with Crippen LogP contribution in [0.3, 0.4) is 0 Å². The van der Waals surface area contributed by atoms with Gasteiger partial charge in [-0.15, -0.1) is 12.4 Å². The molecule has 1 aromatic carbocycles. The Balaban J connectivity index is 0.00000225. The van der Waals surface area contributed by atoms with Gasteiger partial charge in [-0.1, -0.05) is 37.3 Å². The van der Waals surface area contributed by atoms with Crippen molar-refractivity contribution >= 4 is 18.2 Å². The minimum atomic E-state index is 0. The number of nitrogens with zero attached hydrogens (tertiary/aromatic N) is 1. The minimum Gasteiger partial charge on any atom is -0.375 e. The van der Waals surface area contributed by atoms with Gasteiger partial charge in [-0.05, 0) is 51.0 Å². The van der Waals surface area contributed by atoms with Crippen molar-refractivity contribution in [2.75, 3.05) is 26.2 Å². The molecule has 1 spiro atoms. The smallest absolute Gasteiger partial charge is 0.164 e. The Kier molecular flexibility index (Phi) is 7.07. The maximum atomic E-state index is 12.4. The summed E-state index contributed by atoms with van der Waals surface area (Å²) >= 11 is 0. The average molecular weight is 366 g/mol. The lowest BCUT2D eigenvalue weighted by atomic mass is 9.68. The number of Topliss-reactive ketones (excluding diaryl/α,β-unsaturated/α-hetero) is 1. The third kappa shape index (κ3) is 5.06. The number of ether oxygens (including phenoxy) is 1. The van der Waals surface area contributed by atoms with Crippen LogP contribution in [0.4, 0.5) is 0 Å². The highest BCUT2D eigenvalue weighted by Gasteiger charge is 2.44. The summed E-state index contributed by atoms with van der Waals surface area (Å²) in [6.07, 6.45) is 6.61. The molecule has 0 saturated carbocycles. The Labute approximate surface area is 158 Å². The zero-order valence-corrected chi connectivity index (χ0v) is 16.4. The molecule has 0 aliphatic carbocycles. The van der Waals surface area contributed by atoms with Crippen LogP contribution in [0.25, 0.3) is 0 Å². The molecule has 1 aromatic rings. The van der Waals surface area contributed by atoms with Crippen molar-refractivity contribution in [1.29, 1.82) is 0 Å². The van der Waals surface area contributed by atoms with Crippen LogP contribution in [0.1, 0.15) is 62.7 Å². The second-order valence-electron chi connectivity index (χ2n) is 8.00. The van der Waals surface area contributed by atoms with Crippen molar-refractivity contribution < 1.29 is 9.53 Å². The van der Waals surface area contributed by atoms with Gasteiger partial charge in [-0.2, -0.15) is 0 Å². The maximum Gasteiger partial charge on any atom is 0.164 e. The number of piperidine rings is 1. The average Bonchev–Trinajstić information content (AvgIpc) is 2.60. The van der Waals surface area contributed by atoms with Crippen LogP contribution < -0.4 is 0 Å². The van der Waals surface area contributed by atoms with Gasteiger partial charge in [0, 0.05) is 31.7 Å². The SMILES string of the molecule is CCC1(C)CC2(CCCN(CCC(=O)c3ccccc3)C2)CCO1.Cl. The molecule has 0 aromatic heterocycles. The third-order valence-electron chi connectivity index (χ3n) is 6.07. The third-order valence-corrected chi connectivity index (χ3v) is 6.07. The van der Waals surface area contributed by atoms with Gasteiger partial charge in [0.25, 0.3) is 0 Å². The number of benzene rings is 1. The van der Waals surface area contributed by atoms with E-state index in [0.717, 1.165) is 38.2 Å². The Morgan fingerprint density at radius 3 is 2.72 bits per heavy atom. The van der Waals surface area contributed by atoms with Crippen LogP contribution in [-0.2, 0) is 4.74 Å². The van der Waals surface area contributed by atoms with E-state index in [-0.39, 0.29) is 23.8 Å². The Morgan fingerprint density at radius 1 is 1.24 bits per heavy atom. The molecule has 0 amide bonds. The van der Waals surface area contributed by atoms with E-state index in [1.807, 2.05) is 30.3 Å². The Morgan fingerprint density at radius 2 is 2.00 bits per heavy atom. The molecule has 3 rings (SSSR count). The summed E-state index contributed by atoms with van der Waals surface area (Å²) < 4.78 is 6.06. The predicted molar refractivity (Wildman–Crippen MR) is 105 cm³/mol. The molecular weight excluding hydrogens is 334 g/mol. The zero-order valence-electron chi connectivity index (χ0n) is 15.6. The number of carbonyl (C=O) groups is 1. The van der Waals surface area contributed by atoms with Gasteiger partial charge in [-0.3, -0.25) is 4.79 Å². The van der Waals surface area contributed by atoms with E-state index < -0.39 is 0 Å². The van der Waals surface area contributed by atoms with Crippen LogP contribution >= 0.6 is 12.4 Å². The maximum absolute atomic E-state index is 12.4. The molecule has 0 N–H and O–H groups in total. The molecule has 2 aliphatic heterocycles. The second kappa shape index (κ2) is 8.66. The largest absolute Gasteiger partial charge is 0.375 e. The first kappa shape index (κ1) is 20.4. The molecular formula is C21H32ClNO2. The molecule has 3 nitrogen and oxygen atoms in total. The minimum absolute atomic E-state index is 0. The Bertz CT molecular complexity index is 560. The summed E-state index contributed by atoms with van der Waals surface area (Å²) in [5, 5.41) is 0. The summed E-state index contributed by atoms with van der Waals surface area (Å²) in [5.74, 6) is 0.264. The van der Waals surface area contributed by atoms with Gasteiger partial charge in [0.1, 0.15) is 0 Å². The van der Waals surface area contributed by atoms with Gasteiger partial charge in [0.15, 0.2) is 5.78 Å². The van der Waals surface area contributed by atoms with E-state index >= 15 is 0 Å². The fourth-order valence-electron chi connectivity index (χ4n) is 4.55. The quantitative estimate of drug-likeness (QED) is 0.705. The van der Waals surface area contributed by atoms with Crippen molar-refractivity contribution in [3.63, 3.8) is 0 Å². The zero-order chi connectivity index (χ0) is 17.0. The molecule has 2 aliphatic rings. The molecule has 2 saturated heterocycles. The highest BCUT2D eigenvalue weighted by molar-refractivity contribution is 5.96. The van der Waals surface area contributed by atoms with Crippen molar-refractivity contribution in [2.24, 2.45) is 5.41 Å². The molecule has 0 bridgehead atoms. The standard InChI is InChI=1S/C21H31NO2.ClH/c1-3-20(2)16-21(12-15-24-20)11-7-13-22(17-21)14-10-19(23)18-8-5-4-6-9-18;/h4-6,8-9H,3,7,10-17H2,1-2H3;1H. The normalized spacial score (nSPS) is 30.0. The van der Waals surface area contributed by atoms with E-state index in [1.165, 1.54) is 25.7 Å². The summed E-state index contributed by atoms with van der Waals surface area (Å²) in [6, 6.07) is 9.69. The molecule has 2 atom stereocenters. The van der Waals surface area contributed by atoms with E-state index in [2.05, 4.69) is 18.7 Å². The molecule has 140 valence electrons. The molecule has 0 radical (unpaired) electrons. The van der Waals surface area contributed by atoms with Crippen LogP contribution in [0.5, 0.6) is 0 Å². The van der Waals surface area contributed by atoms with Gasteiger partial charge >= 0.3 is 0 Å². The lowest BCUT2D eigenvalue weighted by molar-refractivity contribution is -0.133. The van der Waals surface area contributed by atoms with Crippen molar-refractivity contribution in [3.8, 4) is 0 Å². The van der Waals surface area contributed by atoms with Gasteiger partial charge in [-0.25, -0.2) is 0 Å². The summed E-state index contributed by atoms with van der Waals surface area (Å²) in [5.41, 5.74) is 1.28. The van der Waals surface area contributed by atoms with Crippen LogP contribution in [0, 0.1) is 5.41 Å². The lowest BCUT2D eigenvalue weighted by Gasteiger charge is -2.50. The molecule has 25 heavy (non-hydrogen) atoms. The number of ketones is 1. The Hall–Kier alpha value is -0.900. The molecule has 2 heterocycles. The van der Waals surface area contributed by atoms with E-state index in [1.54, 1.807) is 0 Å². The van der Waals surface area contributed by atoms with Gasteiger partial charge in [0.2, 0.25) is 0 Å². The predicted octanol–water partition coefficient (Wildman–Crippen LogP) is 4.74. The summed E-state index contributed by atoms with van der Waals surface area (Å²) in [7, 11) is 0. The molecule has 4 heteroatoms. The number of carbonyl (C=O) groups excluding carboxylic acids is 1. The van der Waals surface area contributed by atoms with Crippen LogP contribution in [0.2, 0.25) is 0 Å². The van der Waals surface area contributed by atoms with Crippen molar-refractivity contribution in [2.45, 2.75) is 58.0 Å². The topological polar surface area (TPSA) is 29.5 Å². The molecule has 2 unspecified atom stereocenters. The monoisotopic (exact) mass is 365 g/mol. The number of rotatable bonds is 5. The van der Waals surface area contributed by atoms with Gasteiger partial charge in [0.05, 0.1) is 5.60 Å². The summed E-state index contributed by atoms with van der Waals surface area (Å²) in [4.78, 5) is 14.9. The number of hydrogen-bond acceptors (Lipinski definition) is 3. The van der Waals surface area contributed by atoms with Gasteiger partial charge < -0.3 is 9.64 Å². The highest BCUT2D eigenvalue weighted by Crippen LogP contribution is 2.46. The first-order chi connectivity index (χ1) is 11.5. The van der Waals surface area contributed by atoms with E-state index in [4.69, 9.17) is 4.74 Å². The first-order valence-electron chi connectivity index (χ1n) is 9.49. The fraction of sp³-hybridized carbons (Fsp3) is 0.667. The number of hydrogen-bond donors (Lipinski definition) is 0. The van der Waals surface area contributed by atoms with E-state index in [9.17, 15) is 4.79 Å². The number of halogens is 1. The van der Waals surface area contributed by atoms with Crippen LogP contribution in [-0.4, -0.2) is 42.5 Å².